The maximum absolute atomic E-state index is 11.6. The number of anilines is 1. The summed E-state index contributed by atoms with van der Waals surface area (Å²) in [5.74, 6) is 0.113. The fraction of sp³-hybridized carbons (Fsp3) is 0.462. The highest BCUT2D eigenvalue weighted by Gasteiger charge is 2.06. The molecule has 3 nitrogen and oxygen atoms in total. The summed E-state index contributed by atoms with van der Waals surface area (Å²) in [5.41, 5.74) is 3.44. The summed E-state index contributed by atoms with van der Waals surface area (Å²) in [6.07, 6.45) is 0. The maximum Gasteiger partial charge on any atom is 0.241 e. The molecule has 0 heterocycles. The van der Waals surface area contributed by atoms with Crippen LogP contribution in [0.4, 0.5) is 5.69 Å². The van der Waals surface area contributed by atoms with Crippen LogP contribution in [0.3, 0.4) is 0 Å². The third kappa shape index (κ3) is 3.26. The Balaban J connectivity index is 2.58. The second kappa shape index (κ2) is 5.54. The van der Waals surface area contributed by atoms with Gasteiger partial charge in [0.2, 0.25) is 5.91 Å². The van der Waals surface area contributed by atoms with Crippen LogP contribution in [0.2, 0.25) is 0 Å². The Bertz CT molecular complexity index is 374. The molecule has 0 aromatic heterocycles. The molecule has 3 heteroatoms. The first-order valence-electron chi connectivity index (χ1n) is 5.59. The summed E-state index contributed by atoms with van der Waals surface area (Å²) in [6.45, 7) is 7.17. The molecule has 0 unspecified atom stereocenters. The lowest BCUT2D eigenvalue weighted by molar-refractivity contribution is -0.127. The number of carbonyl (C=O) groups is 1. The largest absolute Gasteiger partial charge is 0.376 e. The van der Waals surface area contributed by atoms with Gasteiger partial charge in [0.05, 0.1) is 6.54 Å². The molecule has 16 heavy (non-hydrogen) atoms. The zero-order chi connectivity index (χ0) is 12.1. The van der Waals surface area contributed by atoms with Crippen molar-refractivity contribution in [2.24, 2.45) is 0 Å². The number of likely N-dealkylation sites (N-methyl/N-ethyl adjacent to an activating group) is 1. The molecule has 88 valence electrons. The van der Waals surface area contributed by atoms with Gasteiger partial charge in [-0.3, -0.25) is 4.79 Å². The van der Waals surface area contributed by atoms with Crippen molar-refractivity contribution < 1.29 is 4.79 Å². The second-order valence-electron chi connectivity index (χ2n) is 4.08. The lowest BCUT2D eigenvalue weighted by atomic mass is 10.1. The van der Waals surface area contributed by atoms with Crippen molar-refractivity contribution in [2.45, 2.75) is 20.8 Å². The molecule has 0 spiro atoms. The minimum atomic E-state index is 0.113. The predicted molar refractivity (Wildman–Crippen MR) is 67.7 cm³/mol. The number of benzene rings is 1. The topological polar surface area (TPSA) is 32.3 Å². The van der Waals surface area contributed by atoms with E-state index < -0.39 is 0 Å². The number of amides is 1. The number of hydrogen-bond donors (Lipinski definition) is 1. The Hall–Kier alpha value is -1.51. The van der Waals surface area contributed by atoms with E-state index in [2.05, 4.69) is 18.3 Å². The van der Waals surface area contributed by atoms with Crippen LogP contribution in [0, 0.1) is 13.8 Å². The summed E-state index contributed by atoms with van der Waals surface area (Å²) < 4.78 is 0. The van der Waals surface area contributed by atoms with Crippen LogP contribution in [-0.4, -0.2) is 30.9 Å². The number of nitrogens with zero attached hydrogens (tertiary/aromatic N) is 1. The van der Waals surface area contributed by atoms with E-state index >= 15 is 0 Å². The smallest absolute Gasteiger partial charge is 0.241 e. The molecule has 0 aliphatic carbocycles. The lowest BCUT2D eigenvalue weighted by Crippen LogP contribution is -2.31. The minimum absolute atomic E-state index is 0.113. The van der Waals surface area contributed by atoms with Gasteiger partial charge in [0.25, 0.3) is 0 Å². The van der Waals surface area contributed by atoms with Crippen LogP contribution in [-0.2, 0) is 4.79 Å². The number of hydrogen-bond acceptors (Lipinski definition) is 2. The molecular weight excluding hydrogens is 200 g/mol. The highest BCUT2D eigenvalue weighted by atomic mass is 16.2. The Morgan fingerprint density at radius 3 is 2.62 bits per heavy atom. The van der Waals surface area contributed by atoms with Crippen LogP contribution in [0.15, 0.2) is 18.2 Å². The first-order valence-corrected chi connectivity index (χ1v) is 5.59. The van der Waals surface area contributed by atoms with Gasteiger partial charge in [0, 0.05) is 19.3 Å². The first kappa shape index (κ1) is 12.6. The Morgan fingerprint density at radius 1 is 1.38 bits per heavy atom. The van der Waals surface area contributed by atoms with Crippen molar-refractivity contribution in [2.75, 3.05) is 25.5 Å². The van der Waals surface area contributed by atoms with Crippen LogP contribution < -0.4 is 5.32 Å². The van der Waals surface area contributed by atoms with Crippen molar-refractivity contribution >= 4 is 11.6 Å². The van der Waals surface area contributed by atoms with Gasteiger partial charge >= 0.3 is 0 Å². The van der Waals surface area contributed by atoms with Gasteiger partial charge in [-0.1, -0.05) is 17.7 Å². The summed E-state index contributed by atoms with van der Waals surface area (Å²) >= 11 is 0. The van der Waals surface area contributed by atoms with Crippen LogP contribution in [0.1, 0.15) is 18.1 Å². The summed E-state index contributed by atoms with van der Waals surface area (Å²) in [6, 6.07) is 6.17. The second-order valence-corrected chi connectivity index (χ2v) is 4.08. The lowest BCUT2D eigenvalue weighted by Gasteiger charge is -2.16. The van der Waals surface area contributed by atoms with E-state index in [-0.39, 0.29) is 5.91 Å². The molecule has 0 bridgehead atoms. The van der Waals surface area contributed by atoms with Crippen molar-refractivity contribution in [3.8, 4) is 0 Å². The van der Waals surface area contributed by atoms with Gasteiger partial charge in [-0.05, 0) is 32.4 Å². The van der Waals surface area contributed by atoms with E-state index in [1.54, 1.807) is 4.90 Å². The van der Waals surface area contributed by atoms with Crippen LogP contribution in [0.25, 0.3) is 0 Å². The summed E-state index contributed by atoms with van der Waals surface area (Å²) in [5, 5.41) is 3.16. The number of rotatable bonds is 4. The third-order valence-corrected chi connectivity index (χ3v) is 2.71. The van der Waals surface area contributed by atoms with E-state index in [1.807, 2.05) is 33.0 Å². The van der Waals surface area contributed by atoms with Crippen molar-refractivity contribution in [3.05, 3.63) is 29.3 Å². The Labute approximate surface area is 97.5 Å². The molecule has 1 rings (SSSR count). The van der Waals surface area contributed by atoms with Gasteiger partial charge < -0.3 is 10.2 Å². The van der Waals surface area contributed by atoms with E-state index in [4.69, 9.17) is 0 Å². The van der Waals surface area contributed by atoms with Gasteiger partial charge in [0.15, 0.2) is 0 Å². The van der Waals surface area contributed by atoms with E-state index in [0.717, 1.165) is 12.2 Å². The molecule has 1 aromatic carbocycles. The van der Waals surface area contributed by atoms with Crippen LogP contribution >= 0.6 is 0 Å². The Kier molecular flexibility index (Phi) is 4.35. The molecule has 0 atom stereocenters. The standard InChI is InChI=1S/C13H20N2O/c1-5-15(4)13(16)9-14-12-7-6-10(2)8-11(12)3/h6-8,14H,5,9H2,1-4H3. The fourth-order valence-electron chi connectivity index (χ4n) is 1.49. The van der Waals surface area contributed by atoms with Crippen molar-refractivity contribution in [3.63, 3.8) is 0 Å². The van der Waals surface area contributed by atoms with Gasteiger partial charge in [-0.25, -0.2) is 0 Å². The van der Waals surface area contributed by atoms with Crippen LogP contribution in [0.5, 0.6) is 0 Å². The molecule has 0 fully saturated rings. The SMILES string of the molecule is CCN(C)C(=O)CNc1ccc(C)cc1C. The average molecular weight is 220 g/mol. The minimum Gasteiger partial charge on any atom is -0.376 e. The van der Waals surface area contributed by atoms with E-state index in [1.165, 1.54) is 11.1 Å². The maximum atomic E-state index is 11.6. The van der Waals surface area contributed by atoms with E-state index in [9.17, 15) is 4.79 Å². The molecule has 0 aliphatic rings. The average Bonchev–Trinajstić information content (AvgIpc) is 2.26. The van der Waals surface area contributed by atoms with Crippen molar-refractivity contribution in [1.29, 1.82) is 0 Å². The molecule has 0 saturated heterocycles. The Morgan fingerprint density at radius 2 is 2.06 bits per heavy atom. The summed E-state index contributed by atoms with van der Waals surface area (Å²) in [7, 11) is 1.81. The molecule has 1 aromatic rings. The molecule has 0 saturated carbocycles. The zero-order valence-electron chi connectivity index (χ0n) is 10.5. The molecule has 1 amide bonds. The fourth-order valence-corrected chi connectivity index (χ4v) is 1.49. The zero-order valence-corrected chi connectivity index (χ0v) is 10.5. The first-order chi connectivity index (χ1) is 7.54. The van der Waals surface area contributed by atoms with E-state index in [0.29, 0.717) is 6.54 Å². The normalized spacial score (nSPS) is 10.0. The predicted octanol–water partition coefficient (Wildman–Crippen LogP) is 2.19. The van der Waals surface area contributed by atoms with Gasteiger partial charge in [-0.2, -0.15) is 0 Å². The molecule has 0 radical (unpaired) electrons. The monoisotopic (exact) mass is 220 g/mol. The van der Waals surface area contributed by atoms with Gasteiger partial charge in [-0.15, -0.1) is 0 Å². The highest BCUT2D eigenvalue weighted by Crippen LogP contribution is 2.15. The molecule has 0 aliphatic heterocycles. The molecular formula is C13H20N2O. The number of carbonyl (C=O) groups excluding carboxylic acids is 1. The quantitative estimate of drug-likeness (QED) is 0.843. The third-order valence-electron chi connectivity index (χ3n) is 2.71. The number of nitrogens with one attached hydrogen (secondary N) is 1. The number of aryl methyl sites for hydroxylation is 2. The molecule has 1 N–H and O–H groups in total. The highest BCUT2D eigenvalue weighted by molar-refractivity contribution is 5.80. The summed E-state index contributed by atoms with van der Waals surface area (Å²) in [4.78, 5) is 13.3. The van der Waals surface area contributed by atoms with Crippen molar-refractivity contribution in [1.82, 2.24) is 4.90 Å². The van der Waals surface area contributed by atoms with Gasteiger partial charge in [0.1, 0.15) is 0 Å².